The van der Waals surface area contributed by atoms with Gasteiger partial charge < -0.3 is 15.8 Å². The summed E-state index contributed by atoms with van der Waals surface area (Å²) in [6, 6.07) is 0. The van der Waals surface area contributed by atoms with Gasteiger partial charge >= 0.3 is 7.69 Å². The molecule has 0 heterocycles. The fourth-order valence-electron chi connectivity index (χ4n) is 0.239. The number of nitrogens with two attached hydrogens (primary N) is 1. The van der Waals surface area contributed by atoms with Crippen LogP contribution in [-0.2, 0) is 0 Å². The van der Waals surface area contributed by atoms with Crippen molar-refractivity contribution in [1.29, 1.82) is 0 Å². The maximum atomic E-state index is 7.12. The van der Waals surface area contributed by atoms with Crippen LogP contribution < -0.4 is 5.73 Å². The Hall–Kier alpha value is 0.715. The molecule has 0 aliphatic rings. The molecule has 0 rings (SSSR count). The van der Waals surface area contributed by atoms with Gasteiger partial charge in [-0.15, -0.1) is 12.4 Å². The first-order valence-electron chi connectivity index (χ1n) is 2.81. The van der Waals surface area contributed by atoms with Gasteiger partial charge in [-0.2, -0.15) is 0 Å². The van der Waals surface area contributed by atoms with Crippen molar-refractivity contribution in [2.24, 2.45) is 5.73 Å². The van der Waals surface area contributed by atoms with Gasteiger partial charge in [0.25, 0.3) is 0 Å². The molecule has 4 N–H and O–H groups in total. The monoisotopic (exact) mass is 233 g/mol. The Labute approximate surface area is 76.8 Å². The summed E-state index contributed by atoms with van der Waals surface area (Å²) in [7, 11) is -0.750. The first-order chi connectivity index (χ1) is 4.33. The Morgan fingerprint density at radius 3 is 1.80 bits per heavy atom. The molecule has 64 valence electrons. The molecule has 0 aliphatic heterocycles. The van der Waals surface area contributed by atoms with Crippen LogP contribution in [0, 0.1) is 0 Å². The molecule has 0 bridgehead atoms. The van der Waals surface area contributed by atoms with Gasteiger partial charge in [0.05, 0.1) is 0 Å². The van der Waals surface area contributed by atoms with Crippen molar-refractivity contribution < 1.29 is 10.0 Å². The van der Waals surface area contributed by atoms with Crippen molar-refractivity contribution in [2.45, 2.75) is 12.8 Å². The highest BCUT2D eigenvalue weighted by Crippen LogP contribution is 1.89. The summed E-state index contributed by atoms with van der Waals surface area (Å²) in [6.07, 6.45) is 2.35. The third-order valence-corrected chi connectivity index (χ3v) is 1.15. The average molecular weight is 234 g/mol. The lowest BCUT2D eigenvalue weighted by Crippen LogP contribution is -1.97. The first kappa shape index (κ1) is 17.0. The van der Waals surface area contributed by atoms with Crippen LogP contribution in [0.3, 0.4) is 0 Å². The third kappa shape index (κ3) is 37.6. The smallest absolute Gasteiger partial charge is 0.430 e. The van der Waals surface area contributed by atoms with Crippen LogP contribution in [0.15, 0.2) is 0 Å². The van der Waals surface area contributed by atoms with E-state index in [0.717, 1.165) is 18.3 Å². The Balaban J connectivity index is -0.000000107. The Kier molecular flexibility index (Phi) is 38.4. The highest BCUT2D eigenvalue weighted by molar-refractivity contribution is 9.09. The molecule has 0 spiro atoms. The lowest BCUT2D eigenvalue weighted by Gasteiger charge is -1.85. The molecule has 0 saturated heterocycles. The zero-order valence-electron chi connectivity index (χ0n) is 5.79. The Morgan fingerprint density at radius 1 is 1.30 bits per heavy atom. The van der Waals surface area contributed by atoms with E-state index in [9.17, 15) is 0 Å². The van der Waals surface area contributed by atoms with Crippen molar-refractivity contribution in [3.63, 3.8) is 0 Å². The quantitative estimate of drug-likeness (QED) is 0.359. The van der Waals surface area contributed by atoms with Crippen LogP contribution in [0.2, 0.25) is 0 Å². The molecule has 3 nitrogen and oxygen atoms in total. The highest BCUT2D eigenvalue weighted by atomic mass is 79.9. The predicted molar refractivity (Wildman–Crippen MR) is 50.9 cm³/mol. The zero-order valence-corrected chi connectivity index (χ0v) is 8.20. The molecule has 0 aromatic heterocycles. The minimum atomic E-state index is -0.750. The van der Waals surface area contributed by atoms with Gasteiger partial charge in [-0.05, 0) is 19.4 Å². The van der Waals surface area contributed by atoms with Gasteiger partial charge in [0, 0.05) is 5.33 Å². The summed E-state index contributed by atoms with van der Waals surface area (Å²) in [6.45, 7) is 0.825. The molecule has 10 heavy (non-hydrogen) atoms. The standard InChI is InChI=1S/C4H10BrN.BH3O2.ClH/c5-3-1-2-4-6;2-1-3;/h1-4,6H2;1-3H;1H. The number of halogens is 2. The summed E-state index contributed by atoms with van der Waals surface area (Å²) in [5, 5.41) is 15.3. The van der Waals surface area contributed by atoms with Crippen molar-refractivity contribution >= 4 is 36.0 Å². The molecule has 0 unspecified atom stereocenters. The molecule has 0 fully saturated rings. The molecule has 6 heteroatoms. The fourth-order valence-corrected chi connectivity index (χ4v) is 0.635. The van der Waals surface area contributed by atoms with Crippen LogP contribution >= 0.6 is 28.3 Å². The topological polar surface area (TPSA) is 66.5 Å². The van der Waals surface area contributed by atoms with E-state index in [-0.39, 0.29) is 12.4 Å². The van der Waals surface area contributed by atoms with E-state index in [0.29, 0.717) is 0 Å². The van der Waals surface area contributed by atoms with Crippen LogP contribution in [-0.4, -0.2) is 29.6 Å². The number of unbranched alkanes of at least 4 members (excludes halogenated alkanes) is 1. The molecular formula is C4H14BBrClNO2. The molecule has 0 aromatic carbocycles. The third-order valence-electron chi connectivity index (χ3n) is 0.588. The van der Waals surface area contributed by atoms with Crippen molar-refractivity contribution in [3.05, 3.63) is 0 Å². The number of hydrogen-bond acceptors (Lipinski definition) is 3. The molecule has 0 amide bonds. The second-order valence-corrected chi connectivity index (χ2v) is 2.12. The summed E-state index contributed by atoms with van der Waals surface area (Å²) in [5.41, 5.74) is 5.19. The maximum Gasteiger partial charge on any atom is 0.432 e. The van der Waals surface area contributed by atoms with Crippen molar-refractivity contribution in [1.82, 2.24) is 0 Å². The van der Waals surface area contributed by atoms with E-state index in [1.807, 2.05) is 0 Å². The number of hydrogen-bond donors (Lipinski definition) is 3. The van der Waals surface area contributed by atoms with Gasteiger partial charge in [0.1, 0.15) is 0 Å². The van der Waals surface area contributed by atoms with E-state index in [1.165, 1.54) is 6.42 Å². The van der Waals surface area contributed by atoms with Gasteiger partial charge in [0.2, 0.25) is 0 Å². The molecule has 0 aromatic rings. The van der Waals surface area contributed by atoms with E-state index in [2.05, 4.69) is 15.9 Å². The first-order valence-corrected chi connectivity index (χ1v) is 3.93. The van der Waals surface area contributed by atoms with E-state index < -0.39 is 7.69 Å². The van der Waals surface area contributed by atoms with Gasteiger partial charge in [-0.25, -0.2) is 0 Å². The van der Waals surface area contributed by atoms with Crippen LogP contribution in [0.4, 0.5) is 0 Å². The van der Waals surface area contributed by atoms with Gasteiger partial charge in [0.15, 0.2) is 0 Å². The Bertz CT molecular complexity index is 42.4. The van der Waals surface area contributed by atoms with Crippen LogP contribution in [0.5, 0.6) is 0 Å². The SMILES string of the molecule is Cl.NCCCCBr.OBO. The highest BCUT2D eigenvalue weighted by Gasteiger charge is 1.76. The molecule has 0 atom stereocenters. The maximum absolute atomic E-state index is 7.12. The molecule has 0 saturated carbocycles. The van der Waals surface area contributed by atoms with Crippen molar-refractivity contribution in [2.75, 3.05) is 11.9 Å². The minimum Gasteiger partial charge on any atom is -0.430 e. The summed E-state index contributed by atoms with van der Waals surface area (Å²) >= 11 is 3.29. The summed E-state index contributed by atoms with van der Waals surface area (Å²) < 4.78 is 0. The van der Waals surface area contributed by atoms with Gasteiger partial charge in [-0.1, -0.05) is 15.9 Å². The molecule has 0 radical (unpaired) electrons. The second-order valence-electron chi connectivity index (χ2n) is 1.33. The van der Waals surface area contributed by atoms with E-state index in [4.69, 9.17) is 15.8 Å². The average Bonchev–Trinajstić information content (AvgIpc) is 1.86. The van der Waals surface area contributed by atoms with Crippen molar-refractivity contribution in [3.8, 4) is 0 Å². The normalized spacial score (nSPS) is 6.80. The van der Waals surface area contributed by atoms with Crippen LogP contribution in [0.1, 0.15) is 12.8 Å². The van der Waals surface area contributed by atoms with Gasteiger partial charge in [-0.3, -0.25) is 0 Å². The van der Waals surface area contributed by atoms with E-state index in [1.54, 1.807) is 0 Å². The van der Waals surface area contributed by atoms with Crippen LogP contribution in [0.25, 0.3) is 0 Å². The minimum absolute atomic E-state index is 0. The fraction of sp³-hybridized carbons (Fsp3) is 1.00. The van der Waals surface area contributed by atoms with E-state index >= 15 is 0 Å². The summed E-state index contributed by atoms with van der Waals surface area (Å²) in [5.74, 6) is 0. The zero-order chi connectivity index (χ0) is 7.54. The number of rotatable bonds is 3. The number of alkyl halides is 1. The Morgan fingerprint density at radius 2 is 1.70 bits per heavy atom. The second kappa shape index (κ2) is 22.6. The predicted octanol–water partition coefficient (Wildman–Crippen LogP) is -0.220. The lowest BCUT2D eigenvalue weighted by molar-refractivity contribution is 0.448. The molecular weight excluding hydrogens is 220 g/mol. The largest absolute Gasteiger partial charge is 0.432 e. The summed E-state index contributed by atoms with van der Waals surface area (Å²) in [4.78, 5) is 0. The lowest BCUT2D eigenvalue weighted by atomic mass is 10.3. The molecule has 0 aliphatic carbocycles.